The third kappa shape index (κ3) is 10.4. The van der Waals surface area contributed by atoms with Crippen LogP contribution in [-0.4, -0.2) is 25.1 Å². The molecule has 1 aliphatic rings. The minimum Gasteiger partial charge on any atom is -0.385 e. The number of fused-ring (bicyclic) bond motifs is 1. The number of halogens is 1. The fraction of sp³-hybridized carbons (Fsp3) is 0.571. The number of thiazole rings is 1. The van der Waals surface area contributed by atoms with Crippen LogP contribution in [0.2, 0.25) is 0 Å². The smallest absolute Gasteiger partial charge is 0.184 e. The summed E-state index contributed by atoms with van der Waals surface area (Å²) in [5.41, 5.74) is 2.20. The minimum atomic E-state index is -0.154. The molecule has 1 aromatic heterocycles. The lowest BCUT2D eigenvalue weighted by atomic mass is 10.0. The van der Waals surface area contributed by atoms with Crippen molar-refractivity contribution in [2.24, 2.45) is 0 Å². The van der Waals surface area contributed by atoms with Crippen LogP contribution < -0.4 is 10.2 Å². The van der Waals surface area contributed by atoms with Crippen LogP contribution in [0.25, 0.3) is 0 Å². The first-order valence-electron chi connectivity index (χ1n) is 9.83. The largest absolute Gasteiger partial charge is 0.385 e. The highest BCUT2D eigenvalue weighted by atomic mass is 32.1. The number of aromatic nitrogens is 1. The van der Waals surface area contributed by atoms with E-state index < -0.39 is 0 Å². The summed E-state index contributed by atoms with van der Waals surface area (Å²) in [7, 11) is 2.04. The summed E-state index contributed by atoms with van der Waals surface area (Å²) in [6, 6.07) is 4.94. The second kappa shape index (κ2) is 18.2. The van der Waals surface area contributed by atoms with Crippen LogP contribution in [0.1, 0.15) is 60.5 Å². The average molecular weight is 384 g/mol. The van der Waals surface area contributed by atoms with Gasteiger partial charge in [0.05, 0.1) is 0 Å². The first-order chi connectivity index (χ1) is 12.7. The van der Waals surface area contributed by atoms with Crippen molar-refractivity contribution in [3.8, 4) is 0 Å². The molecule has 0 aliphatic carbocycles. The van der Waals surface area contributed by atoms with Gasteiger partial charge >= 0.3 is 0 Å². The number of nitrogens with zero attached hydrogens (tertiary/aromatic N) is 2. The molecule has 26 heavy (non-hydrogen) atoms. The first-order valence-corrected chi connectivity index (χ1v) is 10.7. The molecule has 150 valence electrons. The van der Waals surface area contributed by atoms with Crippen molar-refractivity contribution >= 4 is 22.2 Å². The maximum absolute atomic E-state index is 12.7. The van der Waals surface area contributed by atoms with Crippen LogP contribution in [0, 0.1) is 5.82 Å². The van der Waals surface area contributed by atoms with Crippen molar-refractivity contribution in [3.05, 3.63) is 41.2 Å². The van der Waals surface area contributed by atoms with E-state index in [0.29, 0.717) is 0 Å². The van der Waals surface area contributed by atoms with Crippen LogP contribution in [-0.2, 0) is 6.42 Å². The zero-order valence-electron chi connectivity index (χ0n) is 17.9. The van der Waals surface area contributed by atoms with Gasteiger partial charge in [-0.05, 0) is 37.5 Å². The van der Waals surface area contributed by atoms with E-state index in [1.165, 1.54) is 11.6 Å². The Hall–Kier alpha value is -1.62. The van der Waals surface area contributed by atoms with E-state index >= 15 is 0 Å². The van der Waals surface area contributed by atoms with Crippen molar-refractivity contribution in [1.82, 2.24) is 4.98 Å². The molecule has 1 aliphatic heterocycles. The molecule has 1 aromatic carbocycles. The van der Waals surface area contributed by atoms with Crippen LogP contribution in [0.5, 0.6) is 0 Å². The molecule has 0 atom stereocenters. The van der Waals surface area contributed by atoms with E-state index in [1.54, 1.807) is 17.4 Å². The van der Waals surface area contributed by atoms with E-state index in [0.717, 1.165) is 36.8 Å². The lowest BCUT2D eigenvalue weighted by Gasteiger charge is -2.17. The molecule has 2 heterocycles. The molecule has 0 saturated carbocycles. The van der Waals surface area contributed by atoms with Crippen molar-refractivity contribution in [1.29, 1.82) is 0 Å². The van der Waals surface area contributed by atoms with Gasteiger partial charge in [0.2, 0.25) is 0 Å². The number of anilines is 2. The Morgan fingerprint density at radius 1 is 1.15 bits per heavy atom. The second-order valence-electron chi connectivity index (χ2n) is 4.66. The van der Waals surface area contributed by atoms with E-state index in [9.17, 15) is 4.39 Å². The quantitative estimate of drug-likeness (QED) is 0.614. The molecule has 3 nitrogen and oxygen atoms in total. The van der Waals surface area contributed by atoms with Crippen molar-refractivity contribution in [2.75, 3.05) is 30.4 Å². The number of hydrogen-bond donors (Lipinski definition) is 1. The van der Waals surface area contributed by atoms with E-state index in [1.807, 2.05) is 66.2 Å². The normalized spacial score (nSPS) is 10.5. The minimum absolute atomic E-state index is 0.154. The highest BCUT2D eigenvalue weighted by Gasteiger charge is 2.07. The Morgan fingerprint density at radius 3 is 2.35 bits per heavy atom. The highest BCUT2D eigenvalue weighted by Crippen LogP contribution is 2.22. The number of benzene rings is 1. The highest BCUT2D eigenvalue weighted by molar-refractivity contribution is 7.13. The van der Waals surface area contributed by atoms with Gasteiger partial charge in [0.15, 0.2) is 5.13 Å². The molecular weight excluding hydrogens is 345 g/mol. The van der Waals surface area contributed by atoms with E-state index in [4.69, 9.17) is 0 Å². The fourth-order valence-electron chi connectivity index (χ4n) is 1.97. The van der Waals surface area contributed by atoms with E-state index in [-0.39, 0.29) is 5.82 Å². The Balaban J connectivity index is 0. The summed E-state index contributed by atoms with van der Waals surface area (Å²) < 4.78 is 12.7. The maximum atomic E-state index is 12.7. The molecule has 1 N–H and O–H groups in total. The monoisotopic (exact) mass is 383 g/mol. The van der Waals surface area contributed by atoms with Gasteiger partial charge < -0.3 is 10.2 Å². The standard InChI is InChI=1S/C9H10FN.C6H10N2S.3C2H6/c10-8-4-3-7-2-1-5-11-9(7)6-8;1-3-8(2)6-7-4-5-9-6;3*1-2/h3-4,6,11H,1-2,5H2;4-5H,3H2,1-2H3;3*1-2H3. The SMILES string of the molecule is CC.CC.CC.CCN(C)c1nccs1.Fc1ccc2c(c1)NCCC2. The van der Waals surface area contributed by atoms with Crippen LogP contribution in [0.4, 0.5) is 15.2 Å². The Labute approximate surface area is 164 Å². The summed E-state index contributed by atoms with van der Waals surface area (Å²) in [5, 5.41) is 6.25. The molecule has 2 aromatic rings. The molecule has 5 heteroatoms. The molecule has 0 fully saturated rings. The Bertz CT molecular complexity index is 530. The van der Waals surface area contributed by atoms with Gasteiger partial charge in [-0.25, -0.2) is 9.37 Å². The number of rotatable bonds is 2. The van der Waals surface area contributed by atoms with Crippen LogP contribution >= 0.6 is 11.3 Å². The van der Waals surface area contributed by atoms with Gasteiger partial charge in [0, 0.05) is 37.4 Å². The molecule has 0 radical (unpaired) electrons. The van der Waals surface area contributed by atoms with Crippen LogP contribution in [0.15, 0.2) is 29.8 Å². The van der Waals surface area contributed by atoms with Crippen LogP contribution in [0.3, 0.4) is 0 Å². The average Bonchev–Trinajstić information content (AvgIpc) is 3.27. The van der Waals surface area contributed by atoms with Gasteiger partial charge in [0.1, 0.15) is 5.82 Å². The van der Waals surface area contributed by atoms with Crippen molar-refractivity contribution in [2.45, 2.75) is 61.3 Å². The van der Waals surface area contributed by atoms with Gasteiger partial charge in [-0.2, -0.15) is 0 Å². The van der Waals surface area contributed by atoms with Gasteiger partial charge in [0.25, 0.3) is 0 Å². The Kier molecular flexibility index (Phi) is 18.6. The topological polar surface area (TPSA) is 28.2 Å². The predicted octanol–water partition coefficient (Wildman–Crippen LogP) is 6.86. The second-order valence-corrected chi connectivity index (χ2v) is 5.53. The Morgan fingerprint density at radius 2 is 1.81 bits per heavy atom. The van der Waals surface area contributed by atoms with Gasteiger partial charge in [-0.1, -0.05) is 47.6 Å². The predicted molar refractivity (Wildman–Crippen MR) is 118 cm³/mol. The summed E-state index contributed by atoms with van der Waals surface area (Å²) in [6.07, 6.45) is 4.05. The van der Waals surface area contributed by atoms with E-state index in [2.05, 4.69) is 22.1 Å². The molecule has 0 saturated heterocycles. The molecule has 0 bridgehead atoms. The van der Waals surface area contributed by atoms with Crippen molar-refractivity contribution < 1.29 is 4.39 Å². The van der Waals surface area contributed by atoms with Crippen molar-refractivity contribution in [3.63, 3.8) is 0 Å². The summed E-state index contributed by atoms with van der Waals surface area (Å²) >= 11 is 1.67. The summed E-state index contributed by atoms with van der Waals surface area (Å²) in [6.45, 7) is 16.1. The zero-order valence-corrected chi connectivity index (χ0v) is 18.7. The molecule has 0 amide bonds. The molecule has 3 rings (SSSR count). The van der Waals surface area contributed by atoms with Gasteiger partial charge in [-0.15, -0.1) is 11.3 Å². The zero-order chi connectivity index (χ0) is 20.4. The summed E-state index contributed by atoms with van der Waals surface area (Å²) in [4.78, 5) is 6.25. The molecule has 0 unspecified atom stereocenters. The lowest BCUT2D eigenvalue weighted by Crippen LogP contribution is -2.14. The maximum Gasteiger partial charge on any atom is 0.184 e. The first kappa shape index (κ1) is 26.6. The third-order valence-electron chi connectivity index (χ3n) is 3.23. The van der Waals surface area contributed by atoms with Gasteiger partial charge in [-0.3, -0.25) is 0 Å². The number of hydrogen-bond acceptors (Lipinski definition) is 4. The molecule has 0 spiro atoms. The lowest BCUT2D eigenvalue weighted by molar-refractivity contribution is 0.626. The third-order valence-corrected chi connectivity index (χ3v) is 4.12. The number of nitrogens with one attached hydrogen (secondary N) is 1. The molecular formula is C21H38FN3S. The number of aryl methyl sites for hydroxylation is 1. The summed E-state index contributed by atoms with van der Waals surface area (Å²) in [5.74, 6) is -0.154. The fourth-order valence-corrected chi connectivity index (χ4v) is 2.65.